The van der Waals surface area contributed by atoms with Crippen LogP contribution >= 0.6 is 0 Å². The second-order valence-electron chi connectivity index (χ2n) is 6.03. The van der Waals surface area contributed by atoms with Crippen molar-refractivity contribution < 1.29 is 14.6 Å². The first-order chi connectivity index (χ1) is 9.70. The molecule has 2 N–H and O–H groups in total. The molecule has 2 heterocycles. The Morgan fingerprint density at radius 3 is 2.90 bits per heavy atom. The molecule has 3 atom stereocenters. The van der Waals surface area contributed by atoms with Crippen molar-refractivity contribution in [1.82, 2.24) is 10.2 Å². The summed E-state index contributed by atoms with van der Waals surface area (Å²) in [5, 5.41) is 12.2. The molecule has 2 aliphatic heterocycles. The number of carbonyl (C=O) groups is 1. The molecule has 2 aliphatic rings. The number of nitrogens with one attached hydrogen (secondary N) is 1. The highest BCUT2D eigenvalue weighted by molar-refractivity contribution is 5.80. The summed E-state index contributed by atoms with van der Waals surface area (Å²) in [6, 6.07) is 0.359. The van der Waals surface area contributed by atoms with Gasteiger partial charge in [0.2, 0.25) is 5.91 Å². The lowest BCUT2D eigenvalue weighted by Gasteiger charge is -2.22. The first-order valence-electron chi connectivity index (χ1n) is 7.98. The highest BCUT2D eigenvalue weighted by Crippen LogP contribution is 2.19. The highest BCUT2D eigenvalue weighted by atomic mass is 16.5. The SMILES string of the molecule is CC1CCC(C(=O)NCCCCN2CCCC2CO)O1. The van der Waals surface area contributed by atoms with Gasteiger partial charge in [0, 0.05) is 12.6 Å². The second kappa shape index (κ2) is 7.96. The summed E-state index contributed by atoms with van der Waals surface area (Å²) >= 11 is 0. The summed E-state index contributed by atoms with van der Waals surface area (Å²) in [6.45, 7) is 5.14. The molecule has 2 fully saturated rings. The van der Waals surface area contributed by atoms with E-state index in [0.717, 1.165) is 51.7 Å². The Balaban J connectivity index is 1.52. The number of rotatable bonds is 7. The van der Waals surface area contributed by atoms with Crippen LogP contribution in [0.15, 0.2) is 0 Å². The maximum atomic E-state index is 11.8. The van der Waals surface area contributed by atoms with E-state index in [1.807, 2.05) is 6.92 Å². The van der Waals surface area contributed by atoms with Gasteiger partial charge in [-0.2, -0.15) is 0 Å². The van der Waals surface area contributed by atoms with Crippen LogP contribution in [0.1, 0.15) is 45.4 Å². The van der Waals surface area contributed by atoms with Crippen molar-refractivity contribution in [3.8, 4) is 0 Å². The summed E-state index contributed by atoms with van der Waals surface area (Å²) in [6.07, 6.45) is 6.18. The first-order valence-corrected chi connectivity index (χ1v) is 7.98. The molecule has 0 saturated carbocycles. The molecule has 2 saturated heterocycles. The number of hydrogen-bond donors (Lipinski definition) is 2. The van der Waals surface area contributed by atoms with Gasteiger partial charge in [-0.3, -0.25) is 9.69 Å². The molecule has 0 aromatic heterocycles. The molecule has 5 heteroatoms. The normalized spacial score (nSPS) is 30.8. The van der Waals surface area contributed by atoms with Crippen molar-refractivity contribution in [3.63, 3.8) is 0 Å². The van der Waals surface area contributed by atoms with E-state index in [0.29, 0.717) is 6.04 Å². The number of amides is 1. The molecule has 20 heavy (non-hydrogen) atoms. The lowest BCUT2D eigenvalue weighted by Crippen LogP contribution is -2.36. The Morgan fingerprint density at radius 1 is 1.35 bits per heavy atom. The summed E-state index contributed by atoms with van der Waals surface area (Å²) in [4.78, 5) is 14.2. The summed E-state index contributed by atoms with van der Waals surface area (Å²) in [5.74, 6) is 0.0451. The molecule has 1 amide bonds. The third kappa shape index (κ3) is 4.43. The molecule has 0 spiro atoms. The average Bonchev–Trinajstić information content (AvgIpc) is 3.06. The van der Waals surface area contributed by atoms with Crippen LogP contribution in [-0.4, -0.2) is 60.4 Å². The van der Waals surface area contributed by atoms with Gasteiger partial charge in [0.25, 0.3) is 0 Å². The van der Waals surface area contributed by atoms with E-state index in [9.17, 15) is 9.90 Å². The van der Waals surface area contributed by atoms with E-state index in [2.05, 4.69) is 10.2 Å². The third-order valence-electron chi connectivity index (χ3n) is 4.41. The fourth-order valence-corrected chi connectivity index (χ4v) is 3.16. The maximum absolute atomic E-state index is 11.8. The third-order valence-corrected chi connectivity index (χ3v) is 4.41. The fraction of sp³-hybridized carbons (Fsp3) is 0.933. The molecule has 0 radical (unpaired) electrons. The van der Waals surface area contributed by atoms with Gasteiger partial charge in [-0.15, -0.1) is 0 Å². The Labute approximate surface area is 121 Å². The predicted octanol–water partition coefficient (Wildman–Crippen LogP) is 0.907. The molecule has 0 aromatic carbocycles. The van der Waals surface area contributed by atoms with Crippen molar-refractivity contribution in [2.75, 3.05) is 26.2 Å². The van der Waals surface area contributed by atoms with Crippen LogP contribution in [-0.2, 0) is 9.53 Å². The van der Waals surface area contributed by atoms with Crippen molar-refractivity contribution in [2.45, 2.75) is 63.7 Å². The number of nitrogens with zero attached hydrogens (tertiary/aromatic N) is 1. The predicted molar refractivity (Wildman–Crippen MR) is 77.5 cm³/mol. The van der Waals surface area contributed by atoms with E-state index in [4.69, 9.17) is 4.74 Å². The zero-order valence-corrected chi connectivity index (χ0v) is 12.5. The smallest absolute Gasteiger partial charge is 0.249 e. The van der Waals surface area contributed by atoms with E-state index in [1.165, 1.54) is 6.42 Å². The number of aliphatic hydroxyl groups is 1. The Hall–Kier alpha value is -0.650. The van der Waals surface area contributed by atoms with Gasteiger partial charge in [-0.25, -0.2) is 0 Å². The molecule has 0 bridgehead atoms. The van der Waals surface area contributed by atoms with E-state index in [1.54, 1.807) is 0 Å². The average molecular weight is 284 g/mol. The number of unbranched alkanes of at least 4 members (excludes halogenated alkanes) is 1. The van der Waals surface area contributed by atoms with Crippen LogP contribution < -0.4 is 5.32 Å². The lowest BCUT2D eigenvalue weighted by molar-refractivity contribution is -0.131. The van der Waals surface area contributed by atoms with Crippen LogP contribution in [0.5, 0.6) is 0 Å². The number of ether oxygens (including phenoxy) is 1. The molecule has 0 aromatic rings. The molecule has 0 aliphatic carbocycles. The monoisotopic (exact) mass is 284 g/mol. The van der Waals surface area contributed by atoms with Gasteiger partial charge < -0.3 is 15.2 Å². The molecule has 5 nitrogen and oxygen atoms in total. The summed E-state index contributed by atoms with van der Waals surface area (Å²) in [7, 11) is 0. The van der Waals surface area contributed by atoms with Gasteiger partial charge in [-0.1, -0.05) is 0 Å². The molecule has 116 valence electrons. The van der Waals surface area contributed by atoms with Crippen LogP contribution in [0.3, 0.4) is 0 Å². The van der Waals surface area contributed by atoms with Crippen molar-refractivity contribution >= 4 is 5.91 Å². The van der Waals surface area contributed by atoms with Gasteiger partial charge in [0.1, 0.15) is 6.10 Å². The molecular weight excluding hydrogens is 256 g/mol. The number of aliphatic hydroxyl groups excluding tert-OH is 1. The fourth-order valence-electron chi connectivity index (χ4n) is 3.16. The first kappa shape index (κ1) is 15.7. The van der Waals surface area contributed by atoms with Crippen LogP contribution in [0.4, 0.5) is 0 Å². The Morgan fingerprint density at radius 2 is 2.20 bits per heavy atom. The topological polar surface area (TPSA) is 61.8 Å². The van der Waals surface area contributed by atoms with E-state index < -0.39 is 0 Å². The van der Waals surface area contributed by atoms with Crippen molar-refractivity contribution in [2.24, 2.45) is 0 Å². The molecular formula is C15H28N2O3. The van der Waals surface area contributed by atoms with Gasteiger partial charge in [-0.05, 0) is 58.5 Å². The number of likely N-dealkylation sites (tertiary alicyclic amines) is 1. The maximum Gasteiger partial charge on any atom is 0.249 e. The van der Waals surface area contributed by atoms with Crippen LogP contribution in [0, 0.1) is 0 Å². The number of carbonyl (C=O) groups excluding carboxylic acids is 1. The van der Waals surface area contributed by atoms with Crippen molar-refractivity contribution in [1.29, 1.82) is 0 Å². The number of hydrogen-bond acceptors (Lipinski definition) is 4. The van der Waals surface area contributed by atoms with Crippen LogP contribution in [0.25, 0.3) is 0 Å². The van der Waals surface area contributed by atoms with Crippen LogP contribution in [0.2, 0.25) is 0 Å². The van der Waals surface area contributed by atoms with Gasteiger partial charge >= 0.3 is 0 Å². The lowest BCUT2D eigenvalue weighted by atomic mass is 10.2. The quantitative estimate of drug-likeness (QED) is 0.682. The van der Waals surface area contributed by atoms with Crippen molar-refractivity contribution in [3.05, 3.63) is 0 Å². The van der Waals surface area contributed by atoms with E-state index in [-0.39, 0.29) is 24.7 Å². The van der Waals surface area contributed by atoms with Gasteiger partial charge in [0.05, 0.1) is 12.7 Å². The molecule has 2 rings (SSSR count). The zero-order valence-electron chi connectivity index (χ0n) is 12.5. The molecule has 3 unspecified atom stereocenters. The Bertz CT molecular complexity index is 311. The van der Waals surface area contributed by atoms with Gasteiger partial charge in [0.15, 0.2) is 0 Å². The Kier molecular flexibility index (Phi) is 6.26. The minimum atomic E-state index is -0.234. The standard InChI is InChI=1S/C15H28N2O3/c1-12-6-7-14(20-12)15(19)16-8-2-3-9-17-10-4-5-13(17)11-18/h12-14,18H,2-11H2,1H3,(H,16,19). The van der Waals surface area contributed by atoms with E-state index >= 15 is 0 Å². The summed E-state index contributed by atoms with van der Waals surface area (Å²) in [5.41, 5.74) is 0. The summed E-state index contributed by atoms with van der Waals surface area (Å²) < 4.78 is 5.54. The minimum absolute atomic E-state index is 0.0451. The largest absolute Gasteiger partial charge is 0.395 e. The zero-order chi connectivity index (χ0) is 14.4. The highest BCUT2D eigenvalue weighted by Gasteiger charge is 2.27. The second-order valence-corrected chi connectivity index (χ2v) is 6.03. The minimum Gasteiger partial charge on any atom is -0.395 e.